The number of aromatic amines is 1. The molecule has 0 saturated carbocycles. The Balaban J connectivity index is 1.91. The Kier molecular flexibility index (Phi) is 2.73. The van der Waals surface area contributed by atoms with Gasteiger partial charge in [-0.2, -0.15) is 0 Å². The van der Waals surface area contributed by atoms with Gasteiger partial charge in [-0.3, -0.25) is 4.98 Å². The summed E-state index contributed by atoms with van der Waals surface area (Å²) in [7, 11) is 1.68. The maximum absolute atomic E-state index is 5.16. The smallest absolute Gasteiger partial charge is 0.118 e. The first-order chi connectivity index (χ1) is 8.86. The number of pyridine rings is 1. The van der Waals surface area contributed by atoms with Gasteiger partial charge in [0.25, 0.3) is 0 Å². The Morgan fingerprint density at radius 2 is 2.00 bits per heavy atom. The van der Waals surface area contributed by atoms with Crippen molar-refractivity contribution in [3.63, 3.8) is 0 Å². The fourth-order valence-corrected chi connectivity index (χ4v) is 2.11. The zero-order valence-electron chi connectivity index (χ0n) is 10.2. The van der Waals surface area contributed by atoms with E-state index < -0.39 is 0 Å². The highest BCUT2D eigenvalue weighted by molar-refractivity contribution is 5.78. The van der Waals surface area contributed by atoms with Gasteiger partial charge in [-0.25, -0.2) is 0 Å². The summed E-state index contributed by atoms with van der Waals surface area (Å²) in [5, 5.41) is 0. The van der Waals surface area contributed by atoms with E-state index in [1.165, 1.54) is 11.1 Å². The molecule has 3 rings (SSSR count). The number of rotatable bonds is 3. The largest absolute Gasteiger partial charge is 0.497 e. The number of H-pyrrole nitrogens is 1. The molecular formula is C15H14N2O. The van der Waals surface area contributed by atoms with Crippen molar-refractivity contribution >= 4 is 11.0 Å². The summed E-state index contributed by atoms with van der Waals surface area (Å²) in [5.41, 5.74) is 4.60. The van der Waals surface area contributed by atoms with Crippen LogP contribution >= 0.6 is 0 Å². The summed E-state index contributed by atoms with van der Waals surface area (Å²) in [6.45, 7) is 0. The number of methoxy groups -OCH3 is 1. The average Bonchev–Trinajstić information content (AvgIpc) is 2.83. The SMILES string of the molecule is COc1ccc(Cc2c[nH]c3cccnc23)cc1. The van der Waals surface area contributed by atoms with Crippen molar-refractivity contribution in [3.8, 4) is 5.75 Å². The predicted molar refractivity (Wildman–Crippen MR) is 71.9 cm³/mol. The van der Waals surface area contributed by atoms with Crippen LogP contribution in [0.1, 0.15) is 11.1 Å². The maximum atomic E-state index is 5.16. The molecule has 0 aliphatic rings. The first-order valence-corrected chi connectivity index (χ1v) is 5.91. The van der Waals surface area contributed by atoms with Crippen LogP contribution in [0, 0.1) is 0 Å². The predicted octanol–water partition coefficient (Wildman–Crippen LogP) is 3.16. The first-order valence-electron chi connectivity index (χ1n) is 5.91. The molecule has 0 atom stereocenters. The molecular weight excluding hydrogens is 224 g/mol. The van der Waals surface area contributed by atoms with Crippen molar-refractivity contribution in [2.45, 2.75) is 6.42 Å². The lowest BCUT2D eigenvalue weighted by Crippen LogP contribution is -1.88. The van der Waals surface area contributed by atoms with E-state index in [0.29, 0.717) is 0 Å². The molecule has 2 heterocycles. The lowest BCUT2D eigenvalue weighted by Gasteiger charge is -2.02. The summed E-state index contributed by atoms with van der Waals surface area (Å²) < 4.78 is 5.16. The number of hydrogen-bond acceptors (Lipinski definition) is 2. The highest BCUT2D eigenvalue weighted by atomic mass is 16.5. The highest BCUT2D eigenvalue weighted by Gasteiger charge is 2.05. The van der Waals surface area contributed by atoms with Crippen LogP contribution in [0.15, 0.2) is 48.8 Å². The van der Waals surface area contributed by atoms with Crippen molar-refractivity contribution in [1.82, 2.24) is 9.97 Å². The molecule has 2 aromatic heterocycles. The molecule has 0 unspecified atom stereocenters. The Bertz CT molecular complexity index is 656. The zero-order chi connectivity index (χ0) is 12.4. The van der Waals surface area contributed by atoms with Gasteiger partial charge in [0.1, 0.15) is 5.75 Å². The van der Waals surface area contributed by atoms with Gasteiger partial charge in [0, 0.05) is 24.4 Å². The number of nitrogens with one attached hydrogen (secondary N) is 1. The molecule has 90 valence electrons. The number of nitrogens with zero attached hydrogens (tertiary/aromatic N) is 1. The summed E-state index contributed by atoms with van der Waals surface area (Å²) in [5.74, 6) is 0.885. The van der Waals surface area contributed by atoms with Crippen LogP contribution in [-0.2, 0) is 6.42 Å². The van der Waals surface area contributed by atoms with Crippen molar-refractivity contribution in [1.29, 1.82) is 0 Å². The van der Waals surface area contributed by atoms with Gasteiger partial charge in [0.05, 0.1) is 18.1 Å². The van der Waals surface area contributed by atoms with Crippen LogP contribution in [-0.4, -0.2) is 17.1 Å². The second-order valence-corrected chi connectivity index (χ2v) is 4.24. The molecule has 3 aromatic rings. The molecule has 3 nitrogen and oxygen atoms in total. The number of hydrogen-bond donors (Lipinski definition) is 1. The van der Waals surface area contributed by atoms with E-state index in [1.54, 1.807) is 7.11 Å². The minimum atomic E-state index is 0.876. The van der Waals surface area contributed by atoms with E-state index in [2.05, 4.69) is 22.1 Å². The second kappa shape index (κ2) is 4.53. The van der Waals surface area contributed by atoms with Crippen LogP contribution in [0.4, 0.5) is 0 Å². The highest BCUT2D eigenvalue weighted by Crippen LogP contribution is 2.20. The van der Waals surface area contributed by atoms with Gasteiger partial charge in [-0.05, 0) is 29.8 Å². The molecule has 0 radical (unpaired) electrons. The number of benzene rings is 1. The lowest BCUT2D eigenvalue weighted by molar-refractivity contribution is 0.414. The number of ether oxygens (including phenoxy) is 1. The standard InChI is InChI=1S/C15H14N2O/c1-18-13-6-4-11(5-7-13)9-12-10-17-14-3-2-8-16-15(12)14/h2-8,10,17H,9H2,1H3. The third-order valence-corrected chi connectivity index (χ3v) is 3.07. The topological polar surface area (TPSA) is 37.9 Å². The van der Waals surface area contributed by atoms with Crippen LogP contribution in [0.25, 0.3) is 11.0 Å². The molecule has 0 saturated heterocycles. The molecule has 0 spiro atoms. The van der Waals surface area contributed by atoms with Gasteiger partial charge >= 0.3 is 0 Å². The zero-order valence-corrected chi connectivity index (χ0v) is 10.2. The third kappa shape index (κ3) is 1.95. The van der Waals surface area contributed by atoms with Crippen LogP contribution in [0.5, 0.6) is 5.75 Å². The summed E-state index contributed by atoms with van der Waals surface area (Å²) in [6, 6.07) is 12.1. The van der Waals surface area contributed by atoms with Gasteiger partial charge in [0.15, 0.2) is 0 Å². The molecule has 0 aliphatic carbocycles. The molecule has 0 amide bonds. The van der Waals surface area contributed by atoms with E-state index in [4.69, 9.17) is 4.74 Å². The minimum Gasteiger partial charge on any atom is -0.497 e. The van der Waals surface area contributed by atoms with Crippen molar-refractivity contribution < 1.29 is 4.74 Å². The number of aromatic nitrogens is 2. The third-order valence-electron chi connectivity index (χ3n) is 3.07. The molecule has 0 bridgehead atoms. The Morgan fingerprint density at radius 1 is 1.17 bits per heavy atom. The fraction of sp³-hybridized carbons (Fsp3) is 0.133. The molecule has 18 heavy (non-hydrogen) atoms. The fourth-order valence-electron chi connectivity index (χ4n) is 2.11. The molecule has 3 heteroatoms. The second-order valence-electron chi connectivity index (χ2n) is 4.24. The quantitative estimate of drug-likeness (QED) is 0.761. The van der Waals surface area contributed by atoms with E-state index in [-0.39, 0.29) is 0 Å². The maximum Gasteiger partial charge on any atom is 0.118 e. The lowest BCUT2D eigenvalue weighted by atomic mass is 10.1. The monoisotopic (exact) mass is 238 g/mol. The molecule has 0 fully saturated rings. The van der Waals surface area contributed by atoms with E-state index >= 15 is 0 Å². The Morgan fingerprint density at radius 3 is 2.78 bits per heavy atom. The van der Waals surface area contributed by atoms with Crippen molar-refractivity contribution in [3.05, 3.63) is 59.9 Å². The van der Waals surface area contributed by atoms with Crippen LogP contribution < -0.4 is 4.74 Å². The van der Waals surface area contributed by atoms with Crippen LogP contribution in [0.3, 0.4) is 0 Å². The van der Waals surface area contributed by atoms with Gasteiger partial charge in [-0.15, -0.1) is 0 Å². The minimum absolute atomic E-state index is 0.876. The normalized spacial score (nSPS) is 10.7. The summed E-state index contributed by atoms with van der Waals surface area (Å²) in [6.07, 6.45) is 4.73. The van der Waals surface area contributed by atoms with E-state index in [0.717, 1.165) is 23.2 Å². The van der Waals surface area contributed by atoms with Gasteiger partial charge < -0.3 is 9.72 Å². The van der Waals surface area contributed by atoms with Crippen molar-refractivity contribution in [2.75, 3.05) is 7.11 Å². The van der Waals surface area contributed by atoms with E-state index in [1.807, 2.05) is 36.7 Å². The van der Waals surface area contributed by atoms with Gasteiger partial charge in [0.2, 0.25) is 0 Å². The molecule has 1 N–H and O–H groups in total. The first kappa shape index (κ1) is 10.8. The Hall–Kier alpha value is -2.29. The molecule has 0 aliphatic heterocycles. The Labute approximate surface area is 105 Å². The van der Waals surface area contributed by atoms with Crippen molar-refractivity contribution in [2.24, 2.45) is 0 Å². The van der Waals surface area contributed by atoms with Gasteiger partial charge in [-0.1, -0.05) is 12.1 Å². The summed E-state index contributed by atoms with van der Waals surface area (Å²) in [4.78, 5) is 7.66. The molecule has 1 aromatic carbocycles. The number of fused-ring (bicyclic) bond motifs is 1. The average molecular weight is 238 g/mol. The summed E-state index contributed by atoms with van der Waals surface area (Å²) >= 11 is 0. The van der Waals surface area contributed by atoms with E-state index in [9.17, 15) is 0 Å². The van der Waals surface area contributed by atoms with Crippen LogP contribution in [0.2, 0.25) is 0 Å².